The summed E-state index contributed by atoms with van der Waals surface area (Å²) in [5.41, 5.74) is 6.08. The van der Waals surface area contributed by atoms with Crippen LogP contribution in [0.15, 0.2) is 53.6 Å². The first-order valence-electron chi connectivity index (χ1n) is 13.7. The number of hydrogen-bond acceptors (Lipinski definition) is 13. The average Bonchev–Trinajstić information content (AvgIpc) is 3.69. The Balaban J connectivity index is 1.18. The Kier molecular flexibility index (Phi) is 8.02. The Hall–Kier alpha value is -2.85. The van der Waals surface area contributed by atoms with Gasteiger partial charge in [0.25, 0.3) is 5.56 Å². The topological polar surface area (TPSA) is 212 Å². The fourth-order valence-electron chi connectivity index (χ4n) is 5.93. The molecule has 2 aromatic carbocycles. The number of H-pyrrole nitrogens is 1. The predicted octanol–water partition coefficient (Wildman–Crippen LogP) is 2.43. The third-order valence-electron chi connectivity index (χ3n) is 7.88. The van der Waals surface area contributed by atoms with Crippen LogP contribution in [-0.4, -0.2) is 80.1 Å². The quantitative estimate of drug-likeness (QED) is 0.235. The molecule has 2 aromatic heterocycles. The summed E-state index contributed by atoms with van der Waals surface area (Å²) in [5, 5.41) is 2.02. The van der Waals surface area contributed by atoms with Crippen LogP contribution in [0.5, 0.6) is 0 Å². The van der Waals surface area contributed by atoms with Crippen LogP contribution in [0.3, 0.4) is 0 Å². The molecule has 0 saturated carbocycles. The van der Waals surface area contributed by atoms with Crippen molar-refractivity contribution in [1.82, 2.24) is 19.5 Å². The van der Waals surface area contributed by atoms with E-state index in [1.54, 1.807) is 0 Å². The van der Waals surface area contributed by atoms with Crippen LogP contribution in [-0.2, 0) is 36.9 Å². The van der Waals surface area contributed by atoms with Crippen LogP contribution in [0.2, 0.25) is 0 Å². The van der Waals surface area contributed by atoms with Crippen molar-refractivity contribution in [2.75, 3.05) is 26.1 Å². The van der Waals surface area contributed by atoms with Gasteiger partial charge in [-0.1, -0.05) is 42.5 Å². The second-order valence-corrected chi connectivity index (χ2v) is 12.9. The highest BCUT2D eigenvalue weighted by Crippen LogP contribution is 2.52. The monoisotopic (exact) mass is 649 g/mol. The van der Waals surface area contributed by atoms with Gasteiger partial charge in [0.15, 0.2) is 17.4 Å². The third-order valence-corrected chi connectivity index (χ3v) is 9.69. The second kappa shape index (κ2) is 11.8. The van der Waals surface area contributed by atoms with Gasteiger partial charge in [0.2, 0.25) is 5.95 Å². The molecule has 5 heterocycles. The molecule has 0 amide bonds. The van der Waals surface area contributed by atoms with E-state index < -0.39 is 71.4 Å². The van der Waals surface area contributed by atoms with Crippen LogP contribution >= 0.6 is 16.4 Å². The Morgan fingerprint density at radius 2 is 1.95 bits per heavy atom. The highest BCUT2D eigenvalue weighted by molar-refractivity contribution is 7.47. The van der Waals surface area contributed by atoms with Crippen LogP contribution in [0.25, 0.3) is 21.9 Å². The number of nitrogen functional groups attached to an aromatic ring is 1. The molecule has 3 aliphatic heterocycles. The maximum atomic E-state index is 13.4. The first kappa shape index (κ1) is 29.8. The smallest absolute Gasteiger partial charge is 0.376 e. The molecule has 0 radical (unpaired) electrons. The van der Waals surface area contributed by atoms with Crippen LogP contribution in [0, 0.1) is 0 Å². The van der Waals surface area contributed by atoms with Crippen molar-refractivity contribution < 1.29 is 46.7 Å². The van der Waals surface area contributed by atoms with Gasteiger partial charge in [-0.05, 0) is 16.3 Å². The van der Waals surface area contributed by atoms with Crippen molar-refractivity contribution in [3.63, 3.8) is 0 Å². The van der Waals surface area contributed by atoms with E-state index in [4.69, 9.17) is 38.0 Å². The van der Waals surface area contributed by atoms with Crippen molar-refractivity contribution >= 4 is 44.3 Å². The largest absolute Gasteiger partial charge is 0.472 e. The Bertz CT molecular complexity index is 1780. The van der Waals surface area contributed by atoms with Gasteiger partial charge < -0.3 is 38.8 Å². The Morgan fingerprint density at radius 1 is 1.14 bits per heavy atom. The minimum Gasteiger partial charge on any atom is -0.376 e. The molecular weight excluding hydrogens is 620 g/mol. The van der Waals surface area contributed by atoms with Gasteiger partial charge in [0.05, 0.1) is 31.7 Å². The number of hydrogen-bond donors (Lipinski definition) is 4. The summed E-state index contributed by atoms with van der Waals surface area (Å²) in [6.07, 6.45) is -4.80. The summed E-state index contributed by atoms with van der Waals surface area (Å²) >= 11 is 0. The van der Waals surface area contributed by atoms with E-state index in [0.29, 0.717) is 6.42 Å². The Labute approximate surface area is 250 Å². The number of ether oxygens (including phenoxy) is 3. The van der Waals surface area contributed by atoms with E-state index in [9.17, 15) is 19.1 Å². The number of aromatic nitrogens is 4. The molecule has 4 aromatic rings. The zero-order valence-corrected chi connectivity index (χ0v) is 25.0. The highest BCUT2D eigenvalue weighted by atomic mass is 31.2. The fraction of sp³-hybridized carbons (Fsp3) is 0.423. The minimum atomic E-state index is -4.80. The van der Waals surface area contributed by atoms with Crippen molar-refractivity contribution in [1.29, 1.82) is 0 Å². The number of anilines is 1. The maximum absolute atomic E-state index is 13.4. The van der Waals surface area contributed by atoms with Gasteiger partial charge in [-0.2, -0.15) is 4.98 Å². The van der Waals surface area contributed by atoms with E-state index in [1.807, 2.05) is 42.5 Å². The van der Waals surface area contributed by atoms with E-state index in [-0.39, 0.29) is 23.7 Å². The van der Waals surface area contributed by atoms with Crippen molar-refractivity contribution in [3.05, 3.63) is 64.7 Å². The molecule has 8 unspecified atom stereocenters. The van der Waals surface area contributed by atoms with Gasteiger partial charge in [0.1, 0.15) is 24.4 Å². The van der Waals surface area contributed by atoms with Crippen LogP contribution in [0.4, 0.5) is 5.95 Å². The highest BCUT2D eigenvalue weighted by Gasteiger charge is 2.52. The molecule has 9 atom stereocenters. The summed E-state index contributed by atoms with van der Waals surface area (Å²) in [7, 11) is -5.89. The molecule has 3 fully saturated rings. The molecule has 3 saturated heterocycles. The van der Waals surface area contributed by atoms with Gasteiger partial charge in [-0.15, -0.1) is 0 Å². The lowest BCUT2D eigenvalue weighted by Gasteiger charge is -2.26. The zero-order chi connectivity index (χ0) is 30.6. The first-order valence-corrected chi connectivity index (χ1v) is 16.3. The van der Waals surface area contributed by atoms with E-state index in [1.165, 1.54) is 18.0 Å². The number of nitrogens with zero attached hydrogens (tertiary/aromatic N) is 3. The summed E-state index contributed by atoms with van der Waals surface area (Å²) < 4.78 is 55.4. The number of imidazole rings is 1. The summed E-state index contributed by atoms with van der Waals surface area (Å²) in [6.45, 7) is -0.634. The maximum Gasteiger partial charge on any atom is 0.472 e. The lowest BCUT2D eigenvalue weighted by molar-refractivity contribution is -0.0597. The van der Waals surface area contributed by atoms with Crippen molar-refractivity contribution in [3.8, 4) is 0 Å². The molecule has 3 aliphatic rings. The minimum absolute atomic E-state index is 0.0366. The number of benzene rings is 2. The molecule has 16 nitrogen and oxygen atoms in total. The molecule has 234 valence electrons. The number of fused-ring (bicyclic) bond motifs is 5. The molecule has 5 N–H and O–H groups in total. The molecule has 2 bridgehead atoms. The van der Waals surface area contributed by atoms with Crippen LogP contribution < -0.4 is 11.3 Å². The van der Waals surface area contributed by atoms with Gasteiger partial charge >= 0.3 is 16.4 Å². The number of methoxy groups -OCH3 is 1. The third kappa shape index (κ3) is 5.57. The number of nitrogens with one attached hydrogen (secondary N) is 1. The SMILES string of the molecule is COC1C2COP(O)O[C@@H]3CC(c4cccc5ccccc45)OC3COP(=O)(O)OC1C(n1cnc3c(=O)[nH]c(N)nc31)O2. The molecule has 0 aliphatic carbocycles. The number of aromatic amines is 1. The number of nitrogens with two attached hydrogens (primary N) is 1. The molecule has 44 heavy (non-hydrogen) atoms. The summed E-state index contributed by atoms with van der Waals surface area (Å²) in [4.78, 5) is 44.6. The Morgan fingerprint density at radius 3 is 2.80 bits per heavy atom. The van der Waals surface area contributed by atoms with Gasteiger partial charge in [0, 0.05) is 13.5 Å². The van der Waals surface area contributed by atoms with Crippen molar-refractivity contribution in [2.24, 2.45) is 0 Å². The van der Waals surface area contributed by atoms with E-state index in [2.05, 4.69) is 15.0 Å². The number of rotatable bonds is 3. The number of phosphoric ester groups is 1. The fourth-order valence-corrected chi connectivity index (χ4v) is 7.65. The lowest BCUT2D eigenvalue weighted by atomic mass is 9.98. The average molecular weight is 649 g/mol. The number of phosphoric acid groups is 1. The van der Waals surface area contributed by atoms with E-state index in [0.717, 1.165) is 16.3 Å². The molecule has 18 heteroatoms. The second-order valence-electron chi connectivity index (χ2n) is 10.5. The standard InChI is InChI=1S/C26H29N5O11P2/c1-36-21-19-10-37-43(33)41-17-9-16(15-8-4-6-13-5-2-3-7-14(13)15)39-18(17)11-38-44(34,35)42-22(21)25(40-19)31-12-28-20-23(31)29-26(27)30-24(20)32/h2-8,12,16-19,21-22,25,33H,9-11H2,1H3,(H,34,35)(H3,27,29,30,32)/t16?,17-,18?,19?,21?,22?,25?,43?/m1/s1. The van der Waals surface area contributed by atoms with Gasteiger partial charge in [-0.3, -0.25) is 23.4 Å². The first-order chi connectivity index (χ1) is 21.2. The normalized spacial score (nSPS) is 34.8. The molecule has 7 rings (SSSR count). The van der Waals surface area contributed by atoms with Crippen molar-refractivity contribution in [2.45, 2.75) is 49.3 Å². The summed E-state index contributed by atoms with van der Waals surface area (Å²) in [5.74, 6) is -0.169. The van der Waals surface area contributed by atoms with E-state index >= 15 is 0 Å². The zero-order valence-electron chi connectivity index (χ0n) is 23.2. The lowest BCUT2D eigenvalue weighted by Crippen LogP contribution is -2.37. The molecule has 0 spiro atoms. The molecular formula is C26H29N5O11P2. The van der Waals surface area contributed by atoms with Crippen LogP contribution in [0.1, 0.15) is 24.3 Å². The predicted molar refractivity (Wildman–Crippen MR) is 154 cm³/mol. The summed E-state index contributed by atoms with van der Waals surface area (Å²) in [6, 6.07) is 13.7. The van der Waals surface area contributed by atoms with Gasteiger partial charge in [-0.25, -0.2) is 9.55 Å².